The Kier molecular flexibility index (Phi) is 7.83. The summed E-state index contributed by atoms with van der Waals surface area (Å²) in [5, 5.41) is 2.85. The van der Waals surface area contributed by atoms with Gasteiger partial charge in [0.25, 0.3) is 5.91 Å². The van der Waals surface area contributed by atoms with E-state index in [2.05, 4.69) is 22.3 Å². The molecule has 0 fully saturated rings. The number of carbonyl (C=O) groups is 2. The van der Waals surface area contributed by atoms with Crippen molar-refractivity contribution in [1.82, 2.24) is 10.2 Å². The van der Waals surface area contributed by atoms with Crippen molar-refractivity contribution < 1.29 is 14.3 Å². The number of likely N-dealkylation sites (N-methyl/N-ethyl adjacent to an activating group) is 1. The van der Waals surface area contributed by atoms with Gasteiger partial charge in [0.15, 0.2) is 12.4 Å². The van der Waals surface area contributed by atoms with Gasteiger partial charge in [-0.05, 0) is 36.9 Å². The van der Waals surface area contributed by atoms with E-state index in [4.69, 9.17) is 4.74 Å². The lowest BCUT2D eigenvalue weighted by atomic mass is 10.1. The fourth-order valence-corrected chi connectivity index (χ4v) is 2.50. The second-order valence-corrected chi connectivity index (χ2v) is 6.16. The van der Waals surface area contributed by atoms with Gasteiger partial charge in [-0.25, -0.2) is 0 Å². The average Bonchev–Trinajstić information content (AvgIpc) is 2.67. The van der Waals surface area contributed by atoms with Crippen LogP contribution in [0, 0.1) is 0 Å². The molecule has 1 amide bonds. The first-order valence-corrected chi connectivity index (χ1v) is 8.83. The van der Waals surface area contributed by atoms with Crippen LogP contribution in [-0.4, -0.2) is 43.3 Å². The Hall–Kier alpha value is -2.66. The van der Waals surface area contributed by atoms with E-state index in [1.807, 2.05) is 32.2 Å². The van der Waals surface area contributed by atoms with Gasteiger partial charge >= 0.3 is 0 Å². The highest BCUT2D eigenvalue weighted by Gasteiger charge is 2.06. The van der Waals surface area contributed by atoms with Crippen LogP contribution in [0.5, 0.6) is 5.75 Å². The number of benzene rings is 2. The van der Waals surface area contributed by atoms with Crippen LogP contribution < -0.4 is 10.1 Å². The Morgan fingerprint density at radius 2 is 1.73 bits per heavy atom. The summed E-state index contributed by atoms with van der Waals surface area (Å²) < 4.78 is 5.45. The molecule has 0 atom stereocenters. The summed E-state index contributed by atoms with van der Waals surface area (Å²) in [6, 6.07) is 17.1. The molecular weight excluding hydrogens is 328 g/mol. The smallest absolute Gasteiger partial charge is 0.257 e. The molecule has 0 bridgehead atoms. The third kappa shape index (κ3) is 6.69. The molecule has 0 heterocycles. The third-order valence-electron chi connectivity index (χ3n) is 3.98. The van der Waals surface area contributed by atoms with Crippen LogP contribution in [0.2, 0.25) is 0 Å². The summed E-state index contributed by atoms with van der Waals surface area (Å²) in [5.41, 5.74) is 1.90. The van der Waals surface area contributed by atoms with E-state index in [1.54, 1.807) is 24.3 Å². The molecule has 0 aromatic heterocycles. The van der Waals surface area contributed by atoms with Crippen molar-refractivity contribution >= 4 is 11.7 Å². The van der Waals surface area contributed by atoms with Crippen molar-refractivity contribution in [1.29, 1.82) is 0 Å². The first-order chi connectivity index (χ1) is 12.6. The maximum Gasteiger partial charge on any atom is 0.257 e. The van der Waals surface area contributed by atoms with Crippen molar-refractivity contribution in [2.45, 2.75) is 19.9 Å². The minimum absolute atomic E-state index is 0.0382. The molecule has 0 aliphatic carbocycles. The highest BCUT2D eigenvalue weighted by atomic mass is 16.5. The highest BCUT2D eigenvalue weighted by molar-refractivity contribution is 5.95. The lowest BCUT2D eigenvalue weighted by Gasteiger charge is -2.17. The Morgan fingerprint density at radius 3 is 2.38 bits per heavy atom. The standard InChI is InChI=1S/C21H26N2O3/c1-3-20(24)18-9-11-19(12-10-18)26-16-21(25)22-13-14-23(2)15-17-7-5-4-6-8-17/h4-12H,3,13-16H2,1-2H3,(H,22,25). The Morgan fingerprint density at radius 1 is 1.04 bits per heavy atom. The van der Waals surface area contributed by atoms with Crippen LogP contribution in [0.3, 0.4) is 0 Å². The molecule has 0 aliphatic rings. The summed E-state index contributed by atoms with van der Waals surface area (Å²) in [6.45, 7) is 3.96. The molecule has 5 nitrogen and oxygen atoms in total. The maximum atomic E-state index is 11.9. The summed E-state index contributed by atoms with van der Waals surface area (Å²) in [7, 11) is 2.02. The monoisotopic (exact) mass is 354 g/mol. The van der Waals surface area contributed by atoms with Crippen LogP contribution in [0.15, 0.2) is 54.6 Å². The number of nitrogens with one attached hydrogen (secondary N) is 1. The molecule has 1 N–H and O–H groups in total. The molecular formula is C21H26N2O3. The number of hydrogen-bond donors (Lipinski definition) is 1. The molecule has 0 saturated heterocycles. The van der Waals surface area contributed by atoms with E-state index in [0.717, 1.165) is 13.1 Å². The van der Waals surface area contributed by atoms with Crippen molar-refractivity contribution in [3.05, 3.63) is 65.7 Å². The van der Waals surface area contributed by atoms with Gasteiger partial charge in [0.2, 0.25) is 0 Å². The van der Waals surface area contributed by atoms with Gasteiger partial charge in [0, 0.05) is 31.6 Å². The lowest BCUT2D eigenvalue weighted by molar-refractivity contribution is -0.123. The van der Waals surface area contributed by atoms with E-state index >= 15 is 0 Å². The largest absolute Gasteiger partial charge is 0.484 e. The molecule has 0 radical (unpaired) electrons. The second-order valence-electron chi connectivity index (χ2n) is 6.16. The molecule has 0 aliphatic heterocycles. The van der Waals surface area contributed by atoms with Gasteiger partial charge in [0.1, 0.15) is 5.75 Å². The predicted molar refractivity (Wildman–Crippen MR) is 102 cm³/mol. The van der Waals surface area contributed by atoms with E-state index in [9.17, 15) is 9.59 Å². The number of carbonyl (C=O) groups excluding carboxylic acids is 2. The minimum atomic E-state index is -0.160. The fourth-order valence-electron chi connectivity index (χ4n) is 2.50. The zero-order valence-electron chi connectivity index (χ0n) is 15.4. The first kappa shape index (κ1) is 19.7. The summed E-state index contributed by atoms with van der Waals surface area (Å²) >= 11 is 0. The number of ether oxygens (including phenoxy) is 1. The summed E-state index contributed by atoms with van der Waals surface area (Å²) in [4.78, 5) is 25.6. The van der Waals surface area contributed by atoms with E-state index in [1.165, 1.54) is 5.56 Å². The summed E-state index contributed by atoms with van der Waals surface area (Å²) in [6.07, 6.45) is 0.474. The minimum Gasteiger partial charge on any atom is -0.484 e. The van der Waals surface area contributed by atoms with Crippen LogP contribution >= 0.6 is 0 Å². The van der Waals surface area contributed by atoms with E-state index in [-0.39, 0.29) is 18.3 Å². The zero-order valence-corrected chi connectivity index (χ0v) is 15.4. The highest BCUT2D eigenvalue weighted by Crippen LogP contribution is 2.13. The van der Waals surface area contributed by atoms with Crippen LogP contribution in [0.1, 0.15) is 29.3 Å². The number of rotatable bonds is 10. The fraction of sp³-hybridized carbons (Fsp3) is 0.333. The number of ketones is 1. The maximum absolute atomic E-state index is 11.9. The molecule has 138 valence electrons. The normalized spacial score (nSPS) is 10.6. The van der Waals surface area contributed by atoms with Gasteiger partial charge in [-0.2, -0.15) is 0 Å². The Balaban J connectivity index is 1.65. The van der Waals surface area contributed by atoms with Gasteiger partial charge in [-0.1, -0.05) is 37.3 Å². The molecule has 0 spiro atoms. The number of hydrogen-bond acceptors (Lipinski definition) is 4. The molecule has 2 rings (SSSR count). The predicted octanol–water partition coefficient (Wildman–Crippen LogP) is 2.91. The topological polar surface area (TPSA) is 58.6 Å². The quantitative estimate of drug-likeness (QED) is 0.667. The Bertz CT molecular complexity index is 699. The molecule has 0 unspecified atom stereocenters. The van der Waals surface area contributed by atoms with Gasteiger partial charge in [-0.3, -0.25) is 9.59 Å². The van der Waals surface area contributed by atoms with Crippen molar-refractivity contribution in [3.8, 4) is 5.75 Å². The van der Waals surface area contributed by atoms with Crippen LogP contribution in [0.25, 0.3) is 0 Å². The van der Waals surface area contributed by atoms with Crippen LogP contribution in [-0.2, 0) is 11.3 Å². The van der Waals surface area contributed by atoms with E-state index < -0.39 is 0 Å². The summed E-state index contributed by atoms with van der Waals surface area (Å²) in [5.74, 6) is 0.509. The SMILES string of the molecule is CCC(=O)c1ccc(OCC(=O)NCCN(C)Cc2ccccc2)cc1. The van der Waals surface area contributed by atoms with Crippen molar-refractivity contribution in [3.63, 3.8) is 0 Å². The van der Waals surface area contributed by atoms with Crippen molar-refractivity contribution in [2.24, 2.45) is 0 Å². The molecule has 5 heteroatoms. The molecule has 0 saturated carbocycles. The van der Waals surface area contributed by atoms with E-state index in [0.29, 0.717) is 24.3 Å². The van der Waals surface area contributed by atoms with Crippen molar-refractivity contribution in [2.75, 3.05) is 26.7 Å². The van der Waals surface area contributed by atoms with Gasteiger partial charge < -0.3 is 15.0 Å². The second kappa shape index (κ2) is 10.4. The molecule has 2 aromatic rings. The number of Topliss-reactive ketones (excluding diaryl/α,β-unsaturated/α-hetero) is 1. The van der Waals surface area contributed by atoms with Gasteiger partial charge in [0.05, 0.1) is 0 Å². The third-order valence-corrected chi connectivity index (χ3v) is 3.98. The molecule has 2 aromatic carbocycles. The lowest BCUT2D eigenvalue weighted by Crippen LogP contribution is -2.35. The Labute approximate surface area is 155 Å². The van der Waals surface area contributed by atoms with Gasteiger partial charge in [-0.15, -0.1) is 0 Å². The first-order valence-electron chi connectivity index (χ1n) is 8.83. The average molecular weight is 354 g/mol. The number of nitrogens with zero attached hydrogens (tertiary/aromatic N) is 1. The zero-order chi connectivity index (χ0) is 18.8. The molecule has 26 heavy (non-hydrogen) atoms. The van der Waals surface area contributed by atoms with Crippen LogP contribution in [0.4, 0.5) is 0 Å². The number of amides is 1.